The fourth-order valence-electron chi connectivity index (χ4n) is 3.66. The average Bonchev–Trinajstić information content (AvgIpc) is 2.89. The molecule has 0 unspecified atom stereocenters. The van der Waals surface area contributed by atoms with Crippen molar-refractivity contribution in [2.24, 2.45) is 0 Å². The van der Waals surface area contributed by atoms with Gasteiger partial charge in [-0.05, 0) is 61.0 Å². The predicted molar refractivity (Wildman–Crippen MR) is 147 cm³/mol. The van der Waals surface area contributed by atoms with Crippen LogP contribution in [0.15, 0.2) is 101 Å². The van der Waals surface area contributed by atoms with Crippen LogP contribution in [0.2, 0.25) is 5.02 Å². The number of rotatable bonds is 9. The molecule has 9 heteroatoms. The summed E-state index contributed by atoms with van der Waals surface area (Å²) in [7, 11) is 0. The number of urea groups is 1. The van der Waals surface area contributed by atoms with Crippen molar-refractivity contribution in [3.8, 4) is 0 Å². The molecule has 0 saturated carbocycles. The zero-order valence-electron chi connectivity index (χ0n) is 20.1. The van der Waals surface area contributed by atoms with Gasteiger partial charge in [0.15, 0.2) is 0 Å². The summed E-state index contributed by atoms with van der Waals surface area (Å²) < 4.78 is 0. The lowest BCUT2D eigenvalue weighted by molar-refractivity contribution is -0.385. The van der Waals surface area contributed by atoms with Gasteiger partial charge in [0, 0.05) is 64.0 Å². The van der Waals surface area contributed by atoms with Crippen LogP contribution in [0.4, 0.5) is 16.2 Å². The number of nitro benzene ring substituents is 1. The number of benzene rings is 3. The van der Waals surface area contributed by atoms with Crippen molar-refractivity contribution in [3.05, 3.63) is 123 Å². The fourth-order valence-corrected chi connectivity index (χ4v) is 4.77. The minimum absolute atomic E-state index is 0.0248. The molecule has 0 aliphatic heterocycles. The number of hydrogen-bond acceptors (Lipinski definition) is 5. The molecule has 37 heavy (non-hydrogen) atoms. The molecule has 1 aromatic heterocycles. The summed E-state index contributed by atoms with van der Waals surface area (Å²) in [5.41, 5.74) is 3.21. The first-order valence-corrected chi connectivity index (χ1v) is 12.8. The van der Waals surface area contributed by atoms with Gasteiger partial charge in [-0.2, -0.15) is 0 Å². The number of aryl methyl sites for hydroxylation is 1. The van der Waals surface area contributed by atoms with Crippen LogP contribution in [0.5, 0.6) is 0 Å². The number of pyridine rings is 1. The topological polar surface area (TPSA) is 88.4 Å². The minimum Gasteiger partial charge on any atom is -0.320 e. The second-order valence-electron chi connectivity index (χ2n) is 8.40. The Morgan fingerprint density at radius 1 is 1.05 bits per heavy atom. The summed E-state index contributed by atoms with van der Waals surface area (Å²) >= 11 is 7.60. The molecular formula is C28H25ClN4O3S. The van der Waals surface area contributed by atoms with E-state index in [9.17, 15) is 14.9 Å². The molecular weight excluding hydrogens is 508 g/mol. The molecule has 0 saturated heterocycles. The number of halogens is 1. The lowest BCUT2D eigenvalue weighted by atomic mass is 10.1. The Morgan fingerprint density at radius 2 is 1.86 bits per heavy atom. The second-order valence-corrected chi connectivity index (χ2v) is 9.95. The highest BCUT2D eigenvalue weighted by molar-refractivity contribution is 7.99. The SMILES string of the molecule is Cc1ccc(Sc2ccc([N+](=O)[O-])cc2CN(CCc2ccccn2)C(=O)Nc2cccc(Cl)c2)cc1. The monoisotopic (exact) mass is 532 g/mol. The molecule has 0 spiro atoms. The third kappa shape index (κ3) is 7.55. The van der Waals surface area contributed by atoms with Gasteiger partial charge in [0.1, 0.15) is 0 Å². The number of aromatic nitrogens is 1. The van der Waals surface area contributed by atoms with Crippen molar-refractivity contribution < 1.29 is 9.72 Å². The maximum absolute atomic E-state index is 13.4. The lowest BCUT2D eigenvalue weighted by Gasteiger charge is -2.24. The number of carbonyl (C=O) groups excluding carboxylic acids is 1. The normalized spacial score (nSPS) is 10.6. The van der Waals surface area contributed by atoms with E-state index in [4.69, 9.17) is 11.6 Å². The summed E-state index contributed by atoms with van der Waals surface area (Å²) in [6.07, 6.45) is 2.24. The van der Waals surface area contributed by atoms with Crippen LogP contribution >= 0.6 is 23.4 Å². The summed E-state index contributed by atoms with van der Waals surface area (Å²) in [5, 5.41) is 15.0. The standard InChI is InChI=1S/C28H25ClN4O3S/c1-20-8-11-26(12-9-20)37-27-13-10-25(33(35)36)17-21(27)19-32(16-14-23-6-2-3-15-30-23)28(34)31-24-7-4-5-22(29)18-24/h2-13,15,17-18H,14,16,19H2,1H3,(H,31,34). The number of nitrogens with one attached hydrogen (secondary N) is 1. The van der Waals surface area contributed by atoms with Crippen LogP contribution in [0.3, 0.4) is 0 Å². The number of hydrogen-bond donors (Lipinski definition) is 1. The Labute approximate surface area is 224 Å². The van der Waals surface area contributed by atoms with Gasteiger partial charge in [-0.1, -0.05) is 53.2 Å². The molecule has 0 bridgehead atoms. The third-order valence-electron chi connectivity index (χ3n) is 5.59. The molecule has 1 heterocycles. The molecule has 188 valence electrons. The Kier molecular flexibility index (Phi) is 8.77. The van der Waals surface area contributed by atoms with Gasteiger partial charge >= 0.3 is 6.03 Å². The summed E-state index contributed by atoms with van der Waals surface area (Å²) in [6.45, 7) is 2.56. The Morgan fingerprint density at radius 3 is 2.57 bits per heavy atom. The van der Waals surface area contributed by atoms with Crippen molar-refractivity contribution in [2.45, 2.75) is 29.7 Å². The number of anilines is 1. The van der Waals surface area contributed by atoms with Crippen LogP contribution in [-0.2, 0) is 13.0 Å². The van der Waals surface area contributed by atoms with E-state index in [0.717, 1.165) is 21.0 Å². The van der Waals surface area contributed by atoms with E-state index in [0.29, 0.717) is 29.2 Å². The predicted octanol–water partition coefficient (Wildman–Crippen LogP) is 7.38. The van der Waals surface area contributed by atoms with Gasteiger partial charge < -0.3 is 10.2 Å². The largest absolute Gasteiger partial charge is 0.322 e. The Bertz CT molecular complexity index is 1380. The van der Waals surface area contributed by atoms with Gasteiger partial charge in [-0.15, -0.1) is 0 Å². The lowest BCUT2D eigenvalue weighted by Crippen LogP contribution is -2.36. The summed E-state index contributed by atoms with van der Waals surface area (Å²) in [6, 6.07) is 25.0. The molecule has 1 N–H and O–H groups in total. The van der Waals surface area contributed by atoms with Crippen LogP contribution in [0.1, 0.15) is 16.8 Å². The molecule has 4 aromatic rings. The maximum Gasteiger partial charge on any atom is 0.322 e. The van der Waals surface area contributed by atoms with Gasteiger partial charge in [0.2, 0.25) is 0 Å². The first-order valence-electron chi connectivity index (χ1n) is 11.6. The van der Waals surface area contributed by atoms with E-state index in [1.165, 1.54) is 23.9 Å². The smallest absolute Gasteiger partial charge is 0.320 e. The van der Waals surface area contributed by atoms with E-state index < -0.39 is 4.92 Å². The molecule has 0 atom stereocenters. The van der Waals surface area contributed by atoms with Gasteiger partial charge in [-0.25, -0.2) is 4.79 Å². The number of nitro groups is 1. The summed E-state index contributed by atoms with van der Waals surface area (Å²) in [5.74, 6) is 0. The summed E-state index contributed by atoms with van der Waals surface area (Å²) in [4.78, 5) is 32.4. The van der Waals surface area contributed by atoms with Crippen molar-refractivity contribution in [1.29, 1.82) is 0 Å². The van der Waals surface area contributed by atoms with Crippen LogP contribution < -0.4 is 5.32 Å². The van der Waals surface area contributed by atoms with Gasteiger partial charge in [0.25, 0.3) is 5.69 Å². The van der Waals surface area contributed by atoms with Gasteiger partial charge in [-0.3, -0.25) is 15.1 Å². The van der Waals surface area contributed by atoms with Crippen molar-refractivity contribution in [3.63, 3.8) is 0 Å². The van der Waals surface area contributed by atoms with Crippen LogP contribution in [0, 0.1) is 17.0 Å². The van der Waals surface area contributed by atoms with Crippen molar-refractivity contribution in [1.82, 2.24) is 9.88 Å². The van der Waals surface area contributed by atoms with Crippen LogP contribution in [0.25, 0.3) is 0 Å². The molecule has 0 fully saturated rings. The molecule has 2 amide bonds. The van der Waals surface area contributed by atoms with Crippen molar-refractivity contribution >= 4 is 40.8 Å². The Hall–Kier alpha value is -3.88. The molecule has 0 radical (unpaired) electrons. The van der Waals surface area contributed by atoms with E-state index in [-0.39, 0.29) is 18.3 Å². The number of amides is 2. The first-order chi connectivity index (χ1) is 17.9. The third-order valence-corrected chi connectivity index (χ3v) is 6.95. The number of nitrogens with zero attached hydrogens (tertiary/aromatic N) is 3. The quantitative estimate of drug-likeness (QED) is 0.179. The fraction of sp³-hybridized carbons (Fsp3) is 0.143. The molecule has 7 nitrogen and oxygen atoms in total. The van der Waals surface area contributed by atoms with E-state index in [1.54, 1.807) is 41.4 Å². The first kappa shape index (κ1) is 26.2. The maximum atomic E-state index is 13.4. The highest BCUT2D eigenvalue weighted by Crippen LogP contribution is 2.33. The highest BCUT2D eigenvalue weighted by atomic mass is 35.5. The van der Waals surface area contributed by atoms with Crippen molar-refractivity contribution in [2.75, 3.05) is 11.9 Å². The van der Waals surface area contributed by atoms with Crippen LogP contribution in [-0.4, -0.2) is 27.4 Å². The number of carbonyl (C=O) groups is 1. The minimum atomic E-state index is -0.423. The van der Waals surface area contributed by atoms with Gasteiger partial charge in [0.05, 0.1) is 4.92 Å². The molecule has 0 aliphatic carbocycles. The highest BCUT2D eigenvalue weighted by Gasteiger charge is 2.19. The molecule has 3 aromatic carbocycles. The molecule has 4 rings (SSSR count). The van der Waals surface area contributed by atoms with E-state index >= 15 is 0 Å². The van der Waals surface area contributed by atoms with E-state index in [2.05, 4.69) is 10.3 Å². The number of non-ortho nitro benzene ring substituents is 1. The zero-order valence-corrected chi connectivity index (χ0v) is 21.7. The Balaban J connectivity index is 1.63. The zero-order chi connectivity index (χ0) is 26.2. The second kappa shape index (κ2) is 12.4. The van der Waals surface area contributed by atoms with E-state index in [1.807, 2.05) is 49.4 Å². The molecule has 0 aliphatic rings. The average molecular weight is 533 g/mol.